The van der Waals surface area contributed by atoms with Crippen molar-refractivity contribution >= 4 is 5.91 Å². The molecule has 3 rings (SSSR count). The highest BCUT2D eigenvalue weighted by molar-refractivity contribution is 5.93. The minimum Gasteiger partial charge on any atom is -0.293 e. The molecule has 0 spiro atoms. The zero-order valence-electron chi connectivity index (χ0n) is 11.6. The molecule has 1 fully saturated rings. The van der Waals surface area contributed by atoms with Crippen LogP contribution in [0.2, 0.25) is 0 Å². The molecule has 1 saturated heterocycles. The van der Waals surface area contributed by atoms with Crippen molar-refractivity contribution in [3.05, 3.63) is 34.6 Å². The van der Waals surface area contributed by atoms with Crippen molar-refractivity contribution in [2.75, 3.05) is 6.54 Å². The molecule has 0 aliphatic carbocycles. The highest BCUT2D eigenvalue weighted by Gasteiger charge is 2.39. The Morgan fingerprint density at radius 2 is 2.25 bits per heavy atom. The molecular formula is C15H19FN2O2. The predicted octanol–water partition coefficient (Wildman–Crippen LogP) is 2.25. The molecule has 0 radical (unpaired) electrons. The van der Waals surface area contributed by atoms with Gasteiger partial charge < -0.3 is 0 Å². The number of piperidine rings is 1. The number of nitrogens with one attached hydrogen (secondary N) is 1. The highest BCUT2D eigenvalue weighted by Crippen LogP contribution is 2.38. The lowest BCUT2D eigenvalue weighted by Gasteiger charge is -2.49. The summed E-state index contributed by atoms with van der Waals surface area (Å²) in [7, 11) is 0. The van der Waals surface area contributed by atoms with Crippen molar-refractivity contribution in [3.8, 4) is 0 Å². The van der Waals surface area contributed by atoms with Crippen molar-refractivity contribution in [3.63, 3.8) is 0 Å². The molecule has 1 atom stereocenters. The van der Waals surface area contributed by atoms with E-state index >= 15 is 0 Å². The van der Waals surface area contributed by atoms with Crippen LogP contribution in [-0.2, 0) is 13.0 Å². The topological polar surface area (TPSA) is 52.6 Å². The first kappa shape index (κ1) is 13.5. The normalized spacial score (nSPS) is 25.8. The summed E-state index contributed by atoms with van der Waals surface area (Å²) < 4.78 is 14.2. The van der Waals surface area contributed by atoms with Crippen molar-refractivity contribution < 1.29 is 14.4 Å². The van der Waals surface area contributed by atoms with Crippen LogP contribution in [0.15, 0.2) is 12.1 Å². The quantitative estimate of drug-likeness (QED) is 0.612. The fraction of sp³-hybridized carbons (Fsp3) is 0.533. The van der Waals surface area contributed by atoms with Gasteiger partial charge in [0, 0.05) is 23.2 Å². The molecule has 20 heavy (non-hydrogen) atoms. The number of fused-ring (bicyclic) bond motifs is 2. The number of rotatable bonds is 1. The molecule has 0 bridgehead atoms. The summed E-state index contributed by atoms with van der Waals surface area (Å²) in [4.78, 5) is 13.8. The Hall–Kier alpha value is -1.46. The number of hydrogen-bond donors (Lipinski definition) is 2. The Kier molecular flexibility index (Phi) is 3.26. The summed E-state index contributed by atoms with van der Waals surface area (Å²) >= 11 is 0. The molecule has 1 amide bonds. The molecule has 1 aromatic carbocycles. The first-order chi connectivity index (χ1) is 9.53. The Morgan fingerprint density at radius 3 is 3.00 bits per heavy atom. The van der Waals surface area contributed by atoms with Gasteiger partial charge in [-0.25, -0.2) is 9.87 Å². The van der Waals surface area contributed by atoms with Gasteiger partial charge in [-0.1, -0.05) is 6.42 Å². The first-order valence-corrected chi connectivity index (χ1v) is 7.04. The molecule has 0 aromatic heterocycles. The van der Waals surface area contributed by atoms with Crippen LogP contribution in [0.3, 0.4) is 0 Å². The average molecular weight is 278 g/mol. The van der Waals surface area contributed by atoms with Crippen LogP contribution >= 0.6 is 0 Å². The number of hydroxylamine groups is 1. The monoisotopic (exact) mass is 278 g/mol. The summed E-state index contributed by atoms with van der Waals surface area (Å²) in [6, 6.07) is 2.91. The van der Waals surface area contributed by atoms with E-state index in [1.165, 1.54) is 12.5 Å². The summed E-state index contributed by atoms with van der Waals surface area (Å²) in [6.07, 6.45) is 4.22. The third kappa shape index (κ3) is 2.11. The Morgan fingerprint density at radius 1 is 1.45 bits per heavy atom. The summed E-state index contributed by atoms with van der Waals surface area (Å²) in [5.74, 6) is -1.02. The molecule has 0 saturated carbocycles. The lowest BCUT2D eigenvalue weighted by Crippen LogP contribution is -2.53. The van der Waals surface area contributed by atoms with Crippen LogP contribution in [0.5, 0.6) is 0 Å². The summed E-state index contributed by atoms with van der Waals surface area (Å²) in [5, 5.41) is 8.69. The van der Waals surface area contributed by atoms with E-state index < -0.39 is 5.91 Å². The van der Waals surface area contributed by atoms with Gasteiger partial charge in [0.05, 0.1) is 0 Å². The second kappa shape index (κ2) is 4.82. The van der Waals surface area contributed by atoms with E-state index in [0.29, 0.717) is 12.1 Å². The molecule has 1 aromatic rings. The van der Waals surface area contributed by atoms with Gasteiger partial charge in [-0.3, -0.25) is 14.9 Å². The minimum atomic E-state index is -0.664. The van der Waals surface area contributed by atoms with Gasteiger partial charge in [-0.2, -0.15) is 0 Å². The number of hydrogen-bond acceptors (Lipinski definition) is 3. The van der Waals surface area contributed by atoms with E-state index in [1.807, 2.05) is 0 Å². The number of amides is 1. The number of nitrogens with zero attached hydrogens (tertiary/aromatic N) is 1. The first-order valence-electron chi connectivity index (χ1n) is 7.04. The van der Waals surface area contributed by atoms with Crippen molar-refractivity contribution in [2.24, 2.45) is 0 Å². The fourth-order valence-electron chi connectivity index (χ4n) is 3.53. The average Bonchev–Trinajstić information content (AvgIpc) is 2.43. The zero-order chi connectivity index (χ0) is 14.3. The van der Waals surface area contributed by atoms with E-state index in [4.69, 9.17) is 5.21 Å². The number of carbonyl (C=O) groups excluding carboxylic acids is 1. The van der Waals surface area contributed by atoms with E-state index in [1.54, 1.807) is 11.5 Å². The van der Waals surface area contributed by atoms with Gasteiger partial charge in [0.2, 0.25) is 0 Å². The maximum atomic E-state index is 14.2. The van der Waals surface area contributed by atoms with Crippen LogP contribution in [0.4, 0.5) is 4.39 Å². The van der Waals surface area contributed by atoms with Gasteiger partial charge in [0.15, 0.2) is 0 Å². The molecule has 2 heterocycles. The molecule has 5 heteroatoms. The molecule has 2 aliphatic rings. The maximum absolute atomic E-state index is 14.2. The smallest absolute Gasteiger partial charge is 0.274 e. The van der Waals surface area contributed by atoms with Gasteiger partial charge >= 0.3 is 0 Å². The molecule has 2 N–H and O–H groups in total. The van der Waals surface area contributed by atoms with Crippen molar-refractivity contribution in [2.45, 2.75) is 44.7 Å². The van der Waals surface area contributed by atoms with Gasteiger partial charge in [0.25, 0.3) is 5.91 Å². The Balaban J connectivity index is 2.01. The van der Waals surface area contributed by atoms with Crippen LogP contribution in [-0.4, -0.2) is 28.1 Å². The second-order valence-corrected chi connectivity index (χ2v) is 6.09. The molecule has 4 nitrogen and oxygen atoms in total. The number of benzene rings is 1. The van der Waals surface area contributed by atoms with E-state index in [-0.39, 0.29) is 16.9 Å². The van der Waals surface area contributed by atoms with E-state index in [2.05, 4.69) is 11.8 Å². The predicted molar refractivity (Wildman–Crippen MR) is 72.0 cm³/mol. The van der Waals surface area contributed by atoms with Crippen molar-refractivity contribution in [1.29, 1.82) is 0 Å². The fourth-order valence-corrected chi connectivity index (χ4v) is 3.53. The van der Waals surface area contributed by atoms with E-state index in [0.717, 1.165) is 31.4 Å². The SMILES string of the molecule is C[C@]12CCCCN1Cc1c(F)cc(C(=O)NO)cc1C2. The van der Waals surface area contributed by atoms with Crippen LogP contribution < -0.4 is 5.48 Å². The Bertz CT molecular complexity index is 561. The highest BCUT2D eigenvalue weighted by atomic mass is 19.1. The largest absolute Gasteiger partial charge is 0.293 e. The van der Waals surface area contributed by atoms with Gasteiger partial charge in [0.1, 0.15) is 5.82 Å². The number of halogens is 1. The standard InChI is InChI=1S/C15H19FN2O2/c1-15-4-2-3-5-18(15)9-12-11(8-15)6-10(7-13(12)16)14(19)17-20/h6-7,20H,2-5,8-9H2,1H3,(H,17,19)/t15-/m1/s1. The Labute approximate surface area is 117 Å². The second-order valence-electron chi connectivity index (χ2n) is 6.09. The van der Waals surface area contributed by atoms with Gasteiger partial charge in [-0.15, -0.1) is 0 Å². The van der Waals surface area contributed by atoms with Crippen LogP contribution in [0.25, 0.3) is 0 Å². The maximum Gasteiger partial charge on any atom is 0.274 e. The van der Waals surface area contributed by atoms with Crippen LogP contribution in [0.1, 0.15) is 47.7 Å². The lowest BCUT2D eigenvalue weighted by molar-refractivity contribution is 0.0414. The zero-order valence-corrected chi connectivity index (χ0v) is 11.6. The van der Waals surface area contributed by atoms with Crippen molar-refractivity contribution in [1.82, 2.24) is 10.4 Å². The molecule has 0 unspecified atom stereocenters. The lowest BCUT2D eigenvalue weighted by atomic mass is 9.78. The third-order valence-electron chi connectivity index (χ3n) is 4.73. The number of carbonyl (C=O) groups is 1. The third-order valence-corrected chi connectivity index (χ3v) is 4.73. The molecule has 108 valence electrons. The molecule has 2 aliphatic heterocycles. The summed E-state index contributed by atoms with van der Waals surface area (Å²) in [6.45, 7) is 3.83. The van der Waals surface area contributed by atoms with Crippen LogP contribution in [0, 0.1) is 5.82 Å². The van der Waals surface area contributed by atoms with Gasteiger partial charge in [-0.05, 0) is 50.4 Å². The minimum absolute atomic E-state index is 0.0615. The summed E-state index contributed by atoms with van der Waals surface area (Å²) in [5.41, 5.74) is 3.39. The van der Waals surface area contributed by atoms with E-state index in [9.17, 15) is 9.18 Å². The molecular weight excluding hydrogens is 259 g/mol.